The first kappa shape index (κ1) is 11.2. The fourth-order valence-corrected chi connectivity index (χ4v) is 1.84. The third kappa shape index (κ3) is 2.26. The summed E-state index contributed by atoms with van der Waals surface area (Å²) < 4.78 is 5.41. The van der Waals surface area contributed by atoms with E-state index in [4.69, 9.17) is 16.0 Å². The van der Waals surface area contributed by atoms with Gasteiger partial charge in [0.2, 0.25) is 0 Å². The Morgan fingerprint density at radius 3 is 2.75 bits per heavy atom. The topological polar surface area (TPSA) is 38.1 Å². The molecule has 0 fully saturated rings. The number of nitrogens with one attached hydrogen (secondary N) is 1. The van der Waals surface area contributed by atoms with Crippen LogP contribution in [-0.2, 0) is 0 Å². The molecule has 84 valence electrons. The van der Waals surface area contributed by atoms with Crippen molar-refractivity contribution in [2.75, 3.05) is 7.05 Å². The zero-order chi connectivity index (χ0) is 11.5. The number of pyridine rings is 1. The van der Waals surface area contributed by atoms with Crippen LogP contribution in [0.5, 0.6) is 0 Å². The molecule has 0 bridgehead atoms. The molecule has 0 aromatic carbocycles. The minimum absolute atomic E-state index is 0.0140. The van der Waals surface area contributed by atoms with Gasteiger partial charge in [0.05, 0.1) is 6.04 Å². The molecule has 0 aliphatic carbocycles. The van der Waals surface area contributed by atoms with Gasteiger partial charge in [0.25, 0.3) is 0 Å². The first-order valence-electron chi connectivity index (χ1n) is 5.05. The lowest BCUT2D eigenvalue weighted by Crippen LogP contribution is -2.17. The maximum atomic E-state index is 5.77. The summed E-state index contributed by atoms with van der Waals surface area (Å²) in [6.07, 6.45) is 3.65. The summed E-state index contributed by atoms with van der Waals surface area (Å²) in [7, 11) is 1.88. The van der Waals surface area contributed by atoms with Crippen molar-refractivity contribution in [3.05, 3.63) is 52.7 Å². The highest BCUT2D eigenvalue weighted by atomic mass is 35.5. The van der Waals surface area contributed by atoms with Crippen molar-refractivity contribution in [2.24, 2.45) is 0 Å². The summed E-state index contributed by atoms with van der Waals surface area (Å²) in [6, 6.07) is 5.67. The second-order valence-corrected chi connectivity index (χ2v) is 4.03. The fourth-order valence-electron chi connectivity index (χ4n) is 1.69. The third-order valence-electron chi connectivity index (χ3n) is 2.40. The van der Waals surface area contributed by atoms with Crippen LogP contribution in [0, 0.1) is 6.92 Å². The van der Waals surface area contributed by atoms with E-state index >= 15 is 0 Å². The van der Waals surface area contributed by atoms with Crippen LogP contribution in [0.25, 0.3) is 0 Å². The molecule has 0 radical (unpaired) electrons. The highest BCUT2D eigenvalue weighted by molar-refractivity contribution is 6.28. The van der Waals surface area contributed by atoms with Crippen LogP contribution in [-0.4, -0.2) is 12.0 Å². The minimum Gasteiger partial charge on any atom is -0.448 e. The van der Waals surface area contributed by atoms with E-state index < -0.39 is 0 Å². The van der Waals surface area contributed by atoms with E-state index in [0.717, 1.165) is 16.9 Å². The van der Waals surface area contributed by atoms with Crippen LogP contribution < -0.4 is 5.32 Å². The zero-order valence-electron chi connectivity index (χ0n) is 9.20. The first-order chi connectivity index (χ1) is 7.70. The lowest BCUT2D eigenvalue weighted by Gasteiger charge is -2.13. The predicted molar refractivity (Wildman–Crippen MR) is 63.6 cm³/mol. The smallest absolute Gasteiger partial charge is 0.193 e. The Labute approximate surface area is 99.5 Å². The molecule has 0 aliphatic heterocycles. The number of hydrogen-bond acceptors (Lipinski definition) is 3. The summed E-state index contributed by atoms with van der Waals surface area (Å²) in [5.41, 5.74) is 2.18. The Hall–Kier alpha value is -1.32. The SMILES string of the molecule is CNC(c1cncc(C)c1)c1ccc(Cl)o1. The van der Waals surface area contributed by atoms with Gasteiger partial charge in [-0.3, -0.25) is 4.98 Å². The lowest BCUT2D eigenvalue weighted by molar-refractivity contribution is 0.464. The average molecular weight is 237 g/mol. The van der Waals surface area contributed by atoms with Crippen molar-refractivity contribution in [1.29, 1.82) is 0 Å². The molecule has 0 spiro atoms. The third-order valence-corrected chi connectivity index (χ3v) is 2.60. The number of furan rings is 1. The average Bonchev–Trinajstić information content (AvgIpc) is 2.66. The van der Waals surface area contributed by atoms with E-state index in [-0.39, 0.29) is 6.04 Å². The number of nitrogens with zero attached hydrogens (tertiary/aromatic N) is 1. The van der Waals surface area contributed by atoms with E-state index in [1.807, 2.05) is 32.4 Å². The van der Waals surface area contributed by atoms with Crippen LogP contribution in [0.2, 0.25) is 5.22 Å². The highest BCUT2D eigenvalue weighted by Crippen LogP contribution is 2.25. The van der Waals surface area contributed by atoms with E-state index in [1.165, 1.54) is 0 Å². The Morgan fingerprint density at radius 1 is 1.38 bits per heavy atom. The molecule has 0 aliphatic rings. The van der Waals surface area contributed by atoms with Gasteiger partial charge in [-0.2, -0.15) is 0 Å². The summed E-state index contributed by atoms with van der Waals surface area (Å²) in [6.45, 7) is 2.01. The predicted octanol–water partition coefficient (Wildman–Crippen LogP) is 2.95. The molecule has 1 unspecified atom stereocenters. The van der Waals surface area contributed by atoms with E-state index in [1.54, 1.807) is 6.07 Å². The van der Waals surface area contributed by atoms with Crippen molar-refractivity contribution in [1.82, 2.24) is 10.3 Å². The van der Waals surface area contributed by atoms with Gasteiger partial charge >= 0.3 is 0 Å². The van der Waals surface area contributed by atoms with Crippen LogP contribution in [0.15, 0.2) is 35.0 Å². The van der Waals surface area contributed by atoms with Gasteiger partial charge in [-0.25, -0.2) is 0 Å². The van der Waals surface area contributed by atoms with Crippen LogP contribution >= 0.6 is 11.6 Å². The van der Waals surface area contributed by atoms with Gasteiger partial charge in [0, 0.05) is 12.4 Å². The number of aromatic nitrogens is 1. The van der Waals surface area contributed by atoms with Crippen molar-refractivity contribution in [2.45, 2.75) is 13.0 Å². The largest absolute Gasteiger partial charge is 0.448 e. The quantitative estimate of drug-likeness (QED) is 0.891. The van der Waals surface area contributed by atoms with E-state index in [9.17, 15) is 0 Å². The lowest BCUT2D eigenvalue weighted by atomic mass is 10.1. The van der Waals surface area contributed by atoms with Gasteiger partial charge in [0.15, 0.2) is 5.22 Å². The Balaban J connectivity index is 2.36. The molecular formula is C12H13ClN2O. The molecule has 0 saturated carbocycles. The highest BCUT2D eigenvalue weighted by Gasteiger charge is 2.16. The van der Waals surface area contributed by atoms with Crippen LogP contribution in [0.4, 0.5) is 0 Å². The molecule has 0 saturated heterocycles. The van der Waals surface area contributed by atoms with E-state index in [2.05, 4.69) is 16.4 Å². The van der Waals surface area contributed by atoms with Gasteiger partial charge in [-0.15, -0.1) is 0 Å². The Morgan fingerprint density at radius 2 is 2.19 bits per heavy atom. The molecule has 0 amide bonds. The van der Waals surface area contributed by atoms with Crippen molar-refractivity contribution >= 4 is 11.6 Å². The number of aryl methyl sites for hydroxylation is 1. The Bertz CT molecular complexity index is 481. The first-order valence-corrected chi connectivity index (χ1v) is 5.42. The van der Waals surface area contributed by atoms with Gasteiger partial charge in [-0.05, 0) is 48.8 Å². The molecular weight excluding hydrogens is 224 g/mol. The standard InChI is InChI=1S/C12H13ClN2O/c1-8-5-9(7-15-6-8)12(14-2)10-3-4-11(13)16-10/h3-7,12,14H,1-2H3. The maximum Gasteiger partial charge on any atom is 0.193 e. The van der Waals surface area contributed by atoms with Crippen molar-refractivity contribution < 1.29 is 4.42 Å². The summed E-state index contributed by atoms with van der Waals surface area (Å²) in [5, 5.41) is 3.58. The summed E-state index contributed by atoms with van der Waals surface area (Å²) in [5.74, 6) is 0.792. The molecule has 1 atom stereocenters. The number of hydrogen-bond donors (Lipinski definition) is 1. The molecule has 1 N–H and O–H groups in total. The molecule has 4 heteroatoms. The Kier molecular flexibility index (Phi) is 3.27. The zero-order valence-corrected chi connectivity index (χ0v) is 9.95. The van der Waals surface area contributed by atoms with Crippen LogP contribution in [0.3, 0.4) is 0 Å². The number of rotatable bonds is 3. The fraction of sp³-hybridized carbons (Fsp3) is 0.250. The van der Waals surface area contributed by atoms with Gasteiger partial charge in [0.1, 0.15) is 5.76 Å². The van der Waals surface area contributed by atoms with E-state index in [0.29, 0.717) is 5.22 Å². The molecule has 3 nitrogen and oxygen atoms in total. The molecule has 2 aromatic rings. The molecule has 16 heavy (non-hydrogen) atoms. The summed E-state index contributed by atoms with van der Waals surface area (Å²) in [4.78, 5) is 4.17. The van der Waals surface area contributed by atoms with Crippen LogP contribution in [0.1, 0.15) is 22.9 Å². The number of halogens is 1. The monoisotopic (exact) mass is 236 g/mol. The second-order valence-electron chi connectivity index (χ2n) is 3.66. The van der Waals surface area contributed by atoms with Gasteiger partial charge < -0.3 is 9.73 Å². The maximum absolute atomic E-state index is 5.77. The normalized spacial score (nSPS) is 12.7. The van der Waals surface area contributed by atoms with Crippen molar-refractivity contribution in [3.63, 3.8) is 0 Å². The van der Waals surface area contributed by atoms with Crippen molar-refractivity contribution in [3.8, 4) is 0 Å². The minimum atomic E-state index is -0.0140. The molecule has 2 heterocycles. The second kappa shape index (κ2) is 4.68. The molecule has 2 aromatic heterocycles. The van der Waals surface area contributed by atoms with Gasteiger partial charge in [-0.1, -0.05) is 6.07 Å². The molecule has 2 rings (SSSR count). The summed E-state index contributed by atoms with van der Waals surface area (Å²) >= 11 is 5.77.